The fourth-order valence-electron chi connectivity index (χ4n) is 1.77. The molecular weight excluding hydrogens is 202 g/mol. The van der Waals surface area contributed by atoms with Gasteiger partial charge in [0.1, 0.15) is 6.10 Å². The molecule has 0 atom stereocenters. The van der Waals surface area contributed by atoms with Gasteiger partial charge in [0.25, 0.3) is 0 Å². The maximum atomic E-state index is 5.80. The standard InChI is InChI=1S/C13H19NO2/c1-10(2)11-3-4-13(14-9-11)16-12-5-7-15-8-6-12/h3-4,9-10,12H,5-8H2,1-2H3. The topological polar surface area (TPSA) is 31.4 Å². The quantitative estimate of drug-likeness (QED) is 0.786. The van der Waals surface area contributed by atoms with Gasteiger partial charge in [-0.25, -0.2) is 4.98 Å². The summed E-state index contributed by atoms with van der Waals surface area (Å²) in [4.78, 5) is 4.33. The van der Waals surface area contributed by atoms with Crippen LogP contribution in [0, 0.1) is 0 Å². The largest absolute Gasteiger partial charge is 0.474 e. The number of ether oxygens (including phenoxy) is 2. The third-order valence-electron chi connectivity index (χ3n) is 2.88. The SMILES string of the molecule is CC(C)c1ccc(OC2CCOCC2)nc1. The average molecular weight is 221 g/mol. The van der Waals surface area contributed by atoms with Crippen molar-refractivity contribution in [2.75, 3.05) is 13.2 Å². The van der Waals surface area contributed by atoms with Gasteiger partial charge in [0.05, 0.1) is 13.2 Å². The Morgan fingerprint density at radius 2 is 2.06 bits per heavy atom. The number of hydrogen-bond acceptors (Lipinski definition) is 3. The van der Waals surface area contributed by atoms with Gasteiger partial charge in [-0.1, -0.05) is 19.9 Å². The van der Waals surface area contributed by atoms with Crippen molar-refractivity contribution in [1.82, 2.24) is 4.98 Å². The van der Waals surface area contributed by atoms with Crippen LogP contribution in [0.1, 0.15) is 38.2 Å². The monoisotopic (exact) mass is 221 g/mol. The highest BCUT2D eigenvalue weighted by molar-refractivity contribution is 5.20. The van der Waals surface area contributed by atoms with Crippen LogP contribution in [0.15, 0.2) is 18.3 Å². The lowest BCUT2D eigenvalue weighted by atomic mass is 10.1. The van der Waals surface area contributed by atoms with Gasteiger partial charge in [-0.3, -0.25) is 0 Å². The summed E-state index contributed by atoms with van der Waals surface area (Å²) >= 11 is 0. The van der Waals surface area contributed by atoms with Crippen LogP contribution in [-0.2, 0) is 4.74 Å². The summed E-state index contributed by atoms with van der Waals surface area (Å²) in [5.74, 6) is 1.25. The molecule has 0 spiro atoms. The molecule has 0 N–H and O–H groups in total. The summed E-state index contributed by atoms with van der Waals surface area (Å²) < 4.78 is 11.1. The lowest BCUT2D eigenvalue weighted by Crippen LogP contribution is -2.26. The molecule has 0 radical (unpaired) electrons. The zero-order valence-corrected chi connectivity index (χ0v) is 9.98. The van der Waals surface area contributed by atoms with Gasteiger partial charge in [0, 0.05) is 25.1 Å². The summed E-state index contributed by atoms with van der Waals surface area (Å²) in [6, 6.07) is 4.05. The van der Waals surface area contributed by atoms with E-state index in [1.165, 1.54) is 5.56 Å². The third-order valence-corrected chi connectivity index (χ3v) is 2.88. The van der Waals surface area contributed by atoms with Crippen LogP contribution in [0.4, 0.5) is 0 Å². The molecule has 3 heteroatoms. The second-order valence-corrected chi connectivity index (χ2v) is 4.51. The lowest BCUT2D eigenvalue weighted by molar-refractivity contribution is 0.0237. The molecule has 0 bridgehead atoms. The fourth-order valence-corrected chi connectivity index (χ4v) is 1.77. The minimum atomic E-state index is 0.270. The van der Waals surface area contributed by atoms with Crippen molar-refractivity contribution in [3.63, 3.8) is 0 Å². The van der Waals surface area contributed by atoms with Crippen LogP contribution < -0.4 is 4.74 Å². The Morgan fingerprint density at radius 1 is 1.31 bits per heavy atom. The Balaban J connectivity index is 1.93. The van der Waals surface area contributed by atoms with E-state index in [4.69, 9.17) is 9.47 Å². The van der Waals surface area contributed by atoms with Gasteiger partial charge in [0.15, 0.2) is 0 Å². The molecule has 1 saturated heterocycles. The smallest absolute Gasteiger partial charge is 0.213 e. The first-order valence-corrected chi connectivity index (χ1v) is 5.96. The number of pyridine rings is 1. The van der Waals surface area contributed by atoms with Crippen LogP contribution in [-0.4, -0.2) is 24.3 Å². The molecule has 16 heavy (non-hydrogen) atoms. The second-order valence-electron chi connectivity index (χ2n) is 4.51. The van der Waals surface area contributed by atoms with Crippen LogP contribution in [0.2, 0.25) is 0 Å². The van der Waals surface area contributed by atoms with Gasteiger partial charge in [0.2, 0.25) is 5.88 Å². The summed E-state index contributed by atoms with van der Waals surface area (Å²) in [6.07, 6.45) is 4.10. The summed E-state index contributed by atoms with van der Waals surface area (Å²) in [5, 5.41) is 0. The number of aromatic nitrogens is 1. The highest BCUT2D eigenvalue weighted by atomic mass is 16.5. The predicted octanol–water partition coefficient (Wildman–Crippen LogP) is 2.76. The molecule has 88 valence electrons. The molecule has 1 aliphatic rings. The highest BCUT2D eigenvalue weighted by Gasteiger charge is 2.15. The zero-order valence-electron chi connectivity index (χ0n) is 9.98. The van der Waals surface area contributed by atoms with E-state index in [9.17, 15) is 0 Å². The highest BCUT2D eigenvalue weighted by Crippen LogP contribution is 2.18. The zero-order chi connectivity index (χ0) is 11.4. The number of nitrogens with zero attached hydrogens (tertiary/aromatic N) is 1. The normalized spacial score (nSPS) is 17.7. The van der Waals surface area contributed by atoms with Crippen molar-refractivity contribution in [3.8, 4) is 5.88 Å². The van der Waals surface area contributed by atoms with Crippen molar-refractivity contribution in [2.45, 2.75) is 38.7 Å². The van der Waals surface area contributed by atoms with Crippen molar-refractivity contribution in [1.29, 1.82) is 0 Å². The predicted molar refractivity (Wildman–Crippen MR) is 62.8 cm³/mol. The van der Waals surface area contributed by atoms with Crippen LogP contribution >= 0.6 is 0 Å². The Kier molecular flexibility index (Phi) is 3.78. The number of hydrogen-bond donors (Lipinski definition) is 0. The van der Waals surface area contributed by atoms with Gasteiger partial charge in [-0.15, -0.1) is 0 Å². The molecule has 1 fully saturated rings. The minimum Gasteiger partial charge on any atom is -0.474 e. The first kappa shape index (κ1) is 11.4. The van der Waals surface area contributed by atoms with Crippen molar-refractivity contribution < 1.29 is 9.47 Å². The Morgan fingerprint density at radius 3 is 2.62 bits per heavy atom. The maximum absolute atomic E-state index is 5.80. The first-order chi connectivity index (χ1) is 7.75. The van der Waals surface area contributed by atoms with E-state index in [0.29, 0.717) is 5.92 Å². The molecular formula is C13H19NO2. The molecule has 1 aromatic heterocycles. The average Bonchev–Trinajstić information content (AvgIpc) is 2.31. The van der Waals surface area contributed by atoms with Gasteiger partial charge < -0.3 is 9.47 Å². The Bertz CT molecular complexity index is 315. The molecule has 1 aliphatic heterocycles. The second kappa shape index (κ2) is 5.30. The molecule has 3 nitrogen and oxygen atoms in total. The lowest BCUT2D eigenvalue weighted by Gasteiger charge is -2.22. The van der Waals surface area contributed by atoms with Crippen LogP contribution in [0.25, 0.3) is 0 Å². The van der Waals surface area contributed by atoms with E-state index < -0.39 is 0 Å². The van der Waals surface area contributed by atoms with Gasteiger partial charge >= 0.3 is 0 Å². The maximum Gasteiger partial charge on any atom is 0.213 e. The fraction of sp³-hybridized carbons (Fsp3) is 0.615. The van der Waals surface area contributed by atoms with Crippen molar-refractivity contribution in [3.05, 3.63) is 23.9 Å². The molecule has 0 amide bonds. The van der Waals surface area contributed by atoms with E-state index in [0.717, 1.165) is 31.9 Å². The Labute approximate surface area is 96.8 Å². The minimum absolute atomic E-state index is 0.270. The molecule has 0 saturated carbocycles. The summed E-state index contributed by atoms with van der Waals surface area (Å²) in [6.45, 7) is 5.93. The van der Waals surface area contributed by atoms with Crippen molar-refractivity contribution in [2.24, 2.45) is 0 Å². The third kappa shape index (κ3) is 2.95. The van der Waals surface area contributed by atoms with Gasteiger partial charge in [-0.05, 0) is 11.5 Å². The molecule has 2 heterocycles. The van der Waals surface area contributed by atoms with Crippen LogP contribution in [0.3, 0.4) is 0 Å². The van der Waals surface area contributed by atoms with E-state index in [2.05, 4.69) is 24.9 Å². The molecule has 1 aromatic rings. The Hall–Kier alpha value is -1.09. The molecule has 2 rings (SSSR count). The van der Waals surface area contributed by atoms with Crippen LogP contribution in [0.5, 0.6) is 5.88 Å². The molecule has 0 aliphatic carbocycles. The van der Waals surface area contributed by atoms with E-state index >= 15 is 0 Å². The first-order valence-electron chi connectivity index (χ1n) is 5.96. The molecule has 0 unspecified atom stereocenters. The molecule has 0 aromatic carbocycles. The van der Waals surface area contributed by atoms with Crippen molar-refractivity contribution >= 4 is 0 Å². The van der Waals surface area contributed by atoms with E-state index in [-0.39, 0.29) is 6.10 Å². The van der Waals surface area contributed by atoms with E-state index in [1.807, 2.05) is 12.3 Å². The summed E-state index contributed by atoms with van der Waals surface area (Å²) in [7, 11) is 0. The summed E-state index contributed by atoms with van der Waals surface area (Å²) in [5.41, 5.74) is 1.25. The number of rotatable bonds is 3. The van der Waals surface area contributed by atoms with E-state index in [1.54, 1.807) is 0 Å². The van der Waals surface area contributed by atoms with Gasteiger partial charge in [-0.2, -0.15) is 0 Å².